The molecule has 2 aromatic rings. The summed E-state index contributed by atoms with van der Waals surface area (Å²) in [5, 5.41) is 0. The Morgan fingerprint density at radius 1 is 1.35 bits per heavy atom. The maximum absolute atomic E-state index is 5.69. The fourth-order valence-corrected chi connectivity index (χ4v) is 1.51. The first-order valence-corrected chi connectivity index (χ1v) is 5.53. The minimum absolute atomic E-state index is 0.606. The van der Waals surface area contributed by atoms with Gasteiger partial charge in [0.1, 0.15) is 5.75 Å². The van der Waals surface area contributed by atoms with Crippen LogP contribution in [0, 0.1) is 6.92 Å². The van der Waals surface area contributed by atoms with E-state index < -0.39 is 0 Å². The number of ether oxygens (including phenoxy) is 1. The Morgan fingerprint density at radius 3 is 2.88 bits per heavy atom. The number of benzene rings is 1. The minimum Gasteiger partial charge on any atom is -0.494 e. The Hall–Kier alpha value is -2.10. The van der Waals surface area contributed by atoms with E-state index in [-0.39, 0.29) is 0 Å². The monoisotopic (exact) mass is 229 g/mol. The van der Waals surface area contributed by atoms with Crippen LogP contribution in [0.2, 0.25) is 0 Å². The molecule has 2 N–H and O–H groups in total. The van der Waals surface area contributed by atoms with Crippen LogP contribution in [0.15, 0.2) is 30.5 Å². The summed E-state index contributed by atoms with van der Waals surface area (Å²) in [6.45, 7) is 4.47. The molecule has 0 atom stereocenters. The highest BCUT2D eigenvalue weighted by molar-refractivity contribution is 5.59. The van der Waals surface area contributed by atoms with Gasteiger partial charge in [-0.3, -0.25) is 0 Å². The van der Waals surface area contributed by atoms with Gasteiger partial charge in [0, 0.05) is 5.56 Å². The van der Waals surface area contributed by atoms with Gasteiger partial charge in [-0.2, -0.15) is 0 Å². The zero-order valence-corrected chi connectivity index (χ0v) is 9.97. The number of rotatable bonds is 3. The van der Waals surface area contributed by atoms with Gasteiger partial charge in [0.05, 0.1) is 24.2 Å². The highest BCUT2D eigenvalue weighted by atomic mass is 16.5. The lowest BCUT2D eigenvalue weighted by Gasteiger charge is -2.06. The molecule has 1 aromatic carbocycles. The van der Waals surface area contributed by atoms with Crippen molar-refractivity contribution in [2.75, 3.05) is 12.3 Å². The molecule has 4 nitrogen and oxygen atoms in total. The molecule has 0 saturated carbocycles. The lowest BCUT2D eigenvalue weighted by atomic mass is 10.2. The van der Waals surface area contributed by atoms with Gasteiger partial charge < -0.3 is 10.5 Å². The number of hydrogen-bond donors (Lipinski definition) is 1. The van der Waals surface area contributed by atoms with Crippen LogP contribution in [-0.2, 0) is 0 Å². The van der Waals surface area contributed by atoms with Crippen LogP contribution in [0.5, 0.6) is 5.75 Å². The second-order valence-corrected chi connectivity index (χ2v) is 3.70. The van der Waals surface area contributed by atoms with Crippen LogP contribution in [0.1, 0.15) is 12.6 Å². The average molecular weight is 229 g/mol. The summed E-state index contributed by atoms with van der Waals surface area (Å²) >= 11 is 0. The van der Waals surface area contributed by atoms with Gasteiger partial charge in [0.15, 0.2) is 5.82 Å². The van der Waals surface area contributed by atoms with Crippen molar-refractivity contribution >= 4 is 5.69 Å². The van der Waals surface area contributed by atoms with Gasteiger partial charge in [0.2, 0.25) is 0 Å². The second-order valence-electron chi connectivity index (χ2n) is 3.70. The fourth-order valence-electron chi connectivity index (χ4n) is 1.51. The van der Waals surface area contributed by atoms with Crippen LogP contribution < -0.4 is 10.5 Å². The van der Waals surface area contributed by atoms with Crippen LogP contribution in [0.25, 0.3) is 11.4 Å². The van der Waals surface area contributed by atoms with Crippen molar-refractivity contribution in [2.45, 2.75) is 13.8 Å². The Morgan fingerprint density at radius 2 is 2.18 bits per heavy atom. The van der Waals surface area contributed by atoms with Crippen molar-refractivity contribution < 1.29 is 4.74 Å². The third-order valence-electron chi connectivity index (χ3n) is 2.42. The predicted octanol–water partition coefficient (Wildman–Crippen LogP) is 2.43. The normalized spacial score (nSPS) is 10.2. The van der Waals surface area contributed by atoms with E-state index in [0.717, 1.165) is 17.0 Å². The maximum atomic E-state index is 5.69. The molecule has 0 saturated heterocycles. The molecule has 0 amide bonds. The van der Waals surface area contributed by atoms with E-state index in [1.807, 2.05) is 38.1 Å². The highest BCUT2D eigenvalue weighted by Crippen LogP contribution is 2.21. The Bertz CT molecular complexity index is 526. The zero-order valence-electron chi connectivity index (χ0n) is 9.97. The fraction of sp³-hybridized carbons (Fsp3) is 0.231. The molecule has 0 radical (unpaired) electrons. The van der Waals surface area contributed by atoms with Crippen LogP contribution in [0.3, 0.4) is 0 Å². The largest absolute Gasteiger partial charge is 0.494 e. The molecule has 4 heteroatoms. The molecule has 1 aromatic heterocycles. The molecule has 17 heavy (non-hydrogen) atoms. The van der Waals surface area contributed by atoms with Gasteiger partial charge in [-0.05, 0) is 26.0 Å². The molecule has 1 heterocycles. The van der Waals surface area contributed by atoms with Crippen molar-refractivity contribution in [3.8, 4) is 17.1 Å². The molecular formula is C13H15N3O. The van der Waals surface area contributed by atoms with Crippen molar-refractivity contribution in [2.24, 2.45) is 0 Å². The molecule has 0 bridgehead atoms. The lowest BCUT2D eigenvalue weighted by molar-refractivity contribution is 0.340. The number of aryl methyl sites for hydroxylation is 1. The smallest absolute Gasteiger partial charge is 0.159 e. The van der Waals surface area contributed by atoms with E-state index in [0.29, 0.717) is 18.1 Å². The summed E-state index contributed by atoms with van der Waals surface area (Å²) < 4.78 is 5.44. The molecule has 88 valence electrons. The van der Waals surface area contributed by atoms with E-state index in [1.165, 1.54) is 0 Å². The predicted molar refractivity (Wildman–Crippen MR) is 67.8 cm³/mol. The summed E-state index contributed by atoms with van der Waals surface area (Å²) in [4.78, 5) is 8.57. The van der Waals surface area contributed by atoms with Crippen LogP contribution >= 0.6 is 0 Å². The first-order chi connectivity index (χ1) is 8.20. The third kappa shape index (κ3) is 2.53. The van der Waals surface area contributed by atoms with Gasteiger partial charge in [-0.25, -0.2) is 9.97 Å². The Kier molecular flexibility index (Phi) is 3.23. The number of anilines is 1. The summed E-state index contributed by atoms with van der Waals surface area (Å²) in [6.07, 6.45) is 1.63. The molecule has 2 rings (SSSR count). The maximum Gasteiger partial charge on any atom is 0.159 e. The Labute approximate surface area is 100 Å². The average Bonchev–Trinajstić information content (AvgIpc) is 2.33. The molecular weight excluding hydrogens is 214 g/mol. The van der Waals surface area contributed by atoms with Crippen molar-refractivity contribution in [1.82, 2.24) is 9.97 Å². The molecule has 0 fully saturated rings. The SMILES string of the molecule is CCOc1cccc(-c2ncc(N)c(C)n2)c1. The Balaban J connectivity index is 2.38. The summed E-state index contributed by atoms with van der Waals surface area (Å²) in [7, 11) is 0. The molecule has 0 aliphatic rings. The standard InChI is InChI=1S/C13H15N3O/c1-3-17-11-6-4-5-10(7-11)13-15-8-12(14)9(2)16-13/h4-8H,3,14H2,1-2H3. The van der Waals surface area contributed by atoms with Gasteiger partial charge in [-0.1, -0.05) is 12.1 Å². The van der Waals surface area contributed by atoms with E-state index >= 15 is 0 Å². The van der Waals surface area contributed by atoms with Gasteiger partial charge in [0.25, 0.3) is 0 Å². The molecule has 0 spiro atoms. The number of nitrogen functional groups attached to an aromatic ring is 1. The first kappa shape index (κ1) is 11.4. The molecule has 0 aliphatic heterocycles. The highest BCUT2D eigenvalue weighted by Gasteiger charge is 2.04. The molecule has 0 unspecified atom stereocenters. The minimum atomic E-state index is 0.606. The summed E-state index contributed by atoms with van der Waals surface area (Å²) in [6, 6.07) is 7.72. The topological polar surface area (TPSA) is 61.0 Å². The lowest BCUT2D eigenvalue weighted by Crippen LogP contribution is -1.98. The summed E-state index contributed by atoms with van der Waals surface area (Å²) in [5.74, 6) is 1.49. The van der Waals surface area contributed by atoms with E-state index in [4.69, 9.17) is 10.5 Å². The van der Waals surface area contributed by atoms with Crippen molar-refractivity contribution in [1.29, 1.82) is 0 Å². The third-order valence-corrected chi connectivity index (χ3v) is 2.42. The number of nitrogens with two attached hydrogens (primary N) is 1. The number of aromatic nitrogens is 2. The van der Waals surface area contributed by atoms with Gasteiger partial charge >= 0.3 is 0 Å². The van der Waals surface area contributed by atoms with E-state index in [2.05, 4.69) is 9.97 Å². The number of nitrogens with zero attached hydrogens (tertiary/aromatic N) is 2. The second kappa shape index (κ2) is 4.82. The van der Waals surface area contributed by atoms with E-state index in [1.54, 1.807) is 6.20 Å². The van der Waals surface area contributed by atoms with Gasteiger partial charge in [-0.15, -0.1) is 0 Å². The first-order valence-electron chi connectivity index (χ1n) is 5.53. The molecule has 0 aliphatic carbocycles. The summed E-state index contributed by atoms with van der Waals surface area (Å²) in [5.41, 5.74) is 8.02. The van der Waals surface area contributed by atoms with E-state index in [9.17, 15) is 0 Å². The van der Waals surface area contributed by atoms with Crippen molar-refractivity contribution in [3.05, 3.63) is 36.2 Å². The van der Waals surface area contributed by atoms with Crippen LogP contribution in [0.4, 0.5) is 5.69 Å². The number of hydrogen-bond acceptors (Lipinski definition) is 4. The van der Waals surface area contributed by atoms with Crippen molar-refractivity contribution in [3.63, 3.8) is 0 Å². The van der Waals surface area contributed by atoms with Crippen LogP contribution in [-0.4, -0.2) is 16.6 Å². The zero-order chi connectivity index (χ0) is 12.3. The quantitative estimate of drug-likeness (QED) is 0.878.